The summed E-state index contributed by atoms with van der Waals surface area (Å²) >= 11 is 0. The summed E-state index contributed by atoms with van der Waals surface area (Å²) in [6.07, 6.45) is 5.23. The third-order valence-corrected chi connectivity index (χ3v) is 2.59. The maximum atomic E-state index is 10.7. The average Bonchev–Trinajstić information content (AvgIpc) is 2.44. The van der Waals surface area contributed by atoms with E-state index in [4.69, 9.17) is 5.11 Å². The summed E-state index contributed by atoms with van der Waals surface area (Å²) in [6.45, 7) is 0.759. The van der Waals surface area contributed by atoms with Gasteiger partial charge in [0.1, 0.15) is 5.69 Å². The van der Waals surface area contributed by atoms with Crippen LogP contribution < -0.4 is 0 Å². The predicted molar refractivity (Wildman–Crippen MR) is 46.5 cm³/mol. The van der Waals surface area contributed by atoms with Gasteiger partial charge in [0.05, 0.1) is 0 Å². The first kappa shape index (κ1) is 8.29. The smallest absolute Gasteiger partial charge is 0.354 e. The Morgan fingerprint density at radius 2 is 2.46 bits per heavy atom. The zero-order valence-corrected chi connectivity index (χ0v) is 7.31. The van der Waals surface area contributed by atoms with Gasteiger partial charge in [0.25, 0.3) is 0 Å². The molecule has 0 atom stereocenters. The zero-order valence-electron chi connectivity index (χ0n) is 7.31. The second kappa shape index (κ2) is 3.20. The Morgan fingerprint density at radius 3 is 3.00 bits per heavy atom. The molecule has 0 unspecified atom stereocenters. The third-order valence-electron chi connectivity index (χ3n) is 2.59. The van der Waals surface area contributed by atoms with Crippen molar-refractivity contribution in [1.82, 2.24) is 9.78 Å². The fourth-order valence-corrected chi connectivity index (χ4v) is 1.58. The van der Waals surface area contributed by atoms with Gasteiger partial charge in [-0.25, -0.2) is 4.79 Å². The summed E-state index contributed by atoms with van der Waals surface area (Å²) in [4.78, 5) is 10.7. The molecule has 4 nitrogen and oxygen atoms in total. The number of hydrogen-bond donors (Lipinski definition) is 1. The highest BCUT2D eigenvalue weighted by Gasteiger charge is 2.20. The monoisotopic (exact) mass is 180 g/mol. The molecule has 0 saturated heterocycles. The molecule has 1 aliphatic rings. The molecule has 0 aromatic carbocycles. The maximum Gasteiger partial charge on any atom is 0.354 e. The molecule has 0 amide bonds. The van der Waals surface area contributed by atoms with Crippen LogP contribution in [0.4, 0.5) is 0 Å². The van der Waals surface area contributed by atoms with Gasteiger partial charge >= 0.3 is 5.97 Å². The van der Waals surface area contributed by atoms with Crippen molar-refractivity contribution in [2.45, 2.75) is 25.8 Å². The maximum absolute atomic E-state index is 10.7. The van der Waals surface area contributed by atoms with Crippen LogP contribution in [-0.2, 0) is 6.54 Å². The van der Waals surface area contributed by atoms with E-state index in [1.54, 1.807) is 16.9 Å². The Morgan fingerprint density at radius 1 is 1.69 bits per heavy atom. The van der Waals surface area contributed by atoms with Gasteiger partial charge in [-0.2, -0.15) is 5.10 Å². The number of carboxylic acids is 1. The van der Waals surface area contributed by atoms with Crippen LogP contribution in [0.25, 0.3) is 0 Å². The molecular weight excluding hydrogens is 168 g/mol. The quantitative estimate of drug-likeness (QED) is 0.764. The lowest BCUT2D eigenvalue weighted by atomic mass is 9.85. The van der Waals surface area contributed by atoms with Crippen LogP contribution in [0.1, 0.15) is 29.8 Å². The highest BCUT2D eigenvalue weighted by Crippen LogP contribution is 2.27. The Bertz CT molecular complexity index is 315. The van der Waals surface area contributed by atoms with Crippen molar-refractivity contribution in [2.24, 2.45) is 5.92 Å². The van der Waals surface area contributed by atoms with Crippen molar-refractivity contribution in [3.63, 3.8) is 0 Å². The van der Waals surface area contributed by atoms with Gasteiger partial charge in [-0.3, -0.25) is 4.68 Å². The fraction of sp³-hybridized carbons (Fsp3) is 0.556. The molecular formula is C9H12N2O2. The summed E-state index contributed by atoms with van der Waals surface area (Å²) in [5.41, 5.74) is 0.298. The van der Waals surface area contributed by atoms with Crippen molar-refractivity contribution < 1.29 is 9.90 Å². The van der Waals surface area contributed by atoms with Crippen LogP contribution in [0.15, 0.2) is 12.3 Å². The fourth-order valence-electron chi connectivity index (χ4n) is 1.58. The third kappa shape index (κ3) is 1.56. The van der Waals surface area contributed by atoms with Gasteiger partial charge in [-0.15, -0.1) is 0 Å². The Balaban J connectivity index is 2.09. The Hall–Kier alpha value is -1.32. The number of hydrogen-bond acceptors (Lipinski definition) is 2. The van der Waals surface area contributed by atoms with E-state index in [1.165, 1.54) is 19.3 Å². The van der Waals surface area contributed by atoms with Gasteiger partial charge in [-0.05, 0) is 24.8 Å². The largest absolute Gasteiger partial charge is 0.477 e. The first-order valence-corrected chi connectivity index (χ1v) is 4.52. The van der Waals surface area contributed by atoms with E-state index in [9.17, 15) is 4.79 Å². The minimum atomic E-state index is -0.892. The Kier molecular flexibility index (Phi) is 2.04. The number of carbonyl (C=O) groups is 1. The van der Waals surface area contributed by atoms with Crippen molar-refractivity contribution in [3.8, 4) is 0 Å². The zero-order chi connectivity index (χ0) is 9.26. The van der Waals surface area contributed by atoms with Crippen LogP contribution in [-0.4, -0.2) is 20.9 Å². The van der Waals surface area contributed by atoms with E-state index < -0.39 is 5.97 Å². The van der Waals surface area contributed by atoms with Gasteiger partial charge < -0.3 is 5.11 Å². The molecule has 0 spiro atoms. The SMILES string of the molecule is O=C(O)c1ccnn1CC1CCC1. The molecule has 2 rings (SSSR count). The normalized spacial score (nSPS) is 16.9. The molecule has 1 aromatic heterocycles. The minimum Gasteiger partial charge on any atom is -0.477 e. The standard InChI is InChI=1S/C9H12N2O2/c12-9(13)8-4-5-10-11(8)6-7-2-1-3-7/h4-5,7H,1-3,6H2,(H,12,13). The van der Waals surface area contributed by atoms with Gasteiger partial charge in [0.2, 0.25) is 0 Å². The van der Waals surface area contributed by atoms with Crippen LogP contribution in [0.5, 0.6) is 0 Å². The molecule has 4 heteroatoms. The molecule has 0 aliphatic heterocycles. The highest BCUT2D eigenvalue weighted by atomic mass is 16.4. The first-order valence-electron chi connectivity index (χ1n) is 4.52. The van der Waals surface area contributed by atoms with E-state index in [0.717, 1.165) is 6.54 Å². The molecule has 1 saturated carbocycles. The van der Waals surface area contributed by atoms with E-state index >= 15 is 0 Å². The topological polar surface area (TPSA) is 55.1 Å². The number of aromatic carboxylic acids is 1. The number of carboxylic acid groups (broad SMARTS) is 1. The minimum absolute atomic E-state index is 0.298. The molecule has 70 valence electrons. The summed E-state index contributed by atoms with van der Waals surface area (Å²) < 4.78 is 1.59. The van der Waals surface area contributed by atoms with Crippen molar-refractivity contribution in [1.29, 1.82) is 0 Å². The summed E-state index contributed by atoms with van der Waals surface area (Å²) in [7, 11) is 0. The molecule has 0 radical (unpaired) electrons. The molecule has 1 heterocycles. The Labute approximate surface area is 76.2 Å². The van der Waals surface area contributed by atoms with Crippen LogP contribution in [0.2, 0.25) is 0 Å². The highest BCUT2D eigenvalue weighted by molar-refractivity contribution is 5.85. The molecule has 13 heavy (non-hydrogen) atoms. The van der Waals surface area contributed by atoms with E-state index in [0.29, 0.717) is 11.6 Å². The lowest BCUT2D eigenvalue weighted by Crippen LogP contribution is -2.21. The van der Waals surface area contributed by atoms with Gasteiger partial charge in [0, 0.05) is 12.7 Å². The number of rotatable bonds is 3. The van der Waals surface area contributed by atoms with Crippen LogP contribution in [0.3, 0.4) is 0 Å². The van der Waals surface area contributed by atoms with Gasteiger partial charge in [0.15, 0.2) is 0 Å². The average molecular weight is 180 g/mol. The van der Waals surface area contributed by atoms with E-state index in [1.807, 2.05) is 0 Å². The van der Waals surface area contributed by atoms with Gasteiger partial charge in [-0.1, -0.05) is 6.42 Å². The molecule has 1 fully saturated rings. The predicted octanol–water partition coefficient (Wildman–Crippen LogP) is 1.38. The van der Waals surface area contributed by atoms with Crippen molar-refractivity contribution >= 4 is 5.97 Å². The molecule has 1 aromatic rings. The lowest BCUT2D eigenvalue weighted by Gasteiger charge is -2.25. The second-order valence-electron chi connectivity index (χ2n) is 3.50. The summed E-state index contributed by atoms with van der Waals surface area (Å²) in [5, 5.41) is 12.8. The first-order chi connectivity index (χ1) is 6.27. The van der Waals surface area contributed by atoms with E-state index in [-0.39, 0.29) is 0 Å². The lowest BCUT2D eigenvalue weighted by molar-refractivity contribution is 0.0680. The number of aromatic nitrogens is 2. The second-order valence-corrected chi connectivity index (χ2v) is 3.50. The van der Waals surface area contributed by atoms with Crippen molar-refractivity contribution in [3.05, 3.63) is 18.0 Å². The molecule has 0 bridgehead atoms. The van der Waals surface area contributed by atoms with E-state index in [2.05, 4.69) is 5.10 Å². The van der Waals surface area contributed by atoms with Crippen LogP contribution in [0, 0.1) is 5.92 Å². The summed E-state index contributed by atoms with van der Waals surface area (Å²) in [6, 6.07) is 1.54. The van der Waals surface area contributed by atoms with Crippen LogP contribution >= 0.6 is 0 Å². The number of nitrogens with zero attached hydrogens (tertiary/aromatic N) is 2. The summed E-state index contributed by atoms with van der Waals surface area (Å²) in [5.74, 6) is -0.255. The molecule has 1 N–H and O–H groups in total. The molecule has 1 aliphatic carbocycles. The van der Waals surface area contributed by atoms with Crippen molar-refractivity contribution in [2.75, 3.05) is 0 Å².